The van der Waals surface area contributed by atoms with Crippen molar-refractivity contribution in [3.8, 4) is 0 Å². The molecule has 0 radical (unpaired) electrons. The largest absolute Gasteiger partial charge is 0.340 e. The van der Waals surface area contributed by atoms with Crippen LogP contribution in [-0.2, 0) is 0 Å². The Morgan fingerprint density at radius 1 is 0.840 bits per heavy atom. The molecule has 0 aliphatic carbocycles. The molecule has 0 saturated carbocycles. The Bertz CT molecular complexity index is 880. The summed E-state index contributed by atoms with van der Waals surface area (Å²) < 4.78 is 0. The van der Waals surface area contributed by atoms with Crippen LogP contribution in [-0.4, -0.2) is 16.2 Å². The molecule has 5 nitrogen and oxygen atoms in total. The lowest BCUT2D eigenvalue weighted by atomic mass is 10.2. The van der Waals surface area contributed by atoms with Gasteiger partial charge in [-0.05, 0) is 42.0 Å². The molecule has 25 heavy (non-hydrogen) atoms. The molecule has 1 heterocycles. The minimum Gasteiger partial charge on any atom is -0.340 e. The topological polar surface area (TPSA) is 62.2 Å². The van der Waals surface area contributed by atoms with Crippen LogP contribution in [0.15, 0.2) is 59.7 Å². The third-order valence-electron chi connectivity index (χ3n) is 3.06. The minimum absolute atomic E-state index is 0.272. The van der Waals surface area contributed by atoms with Crippen molar-refractivity contribution >= 4 is 58.5 Å². The molecule has 0 atom stereocenters. The molecule has 126 valence electrons. The highest BCUT2D eigenvalue weighted by atomic mass is 35.5. The average Bonchev–Trinajstić information content (AvgIpc) is 2.58. The lowest BCUT2D eigenvalue weighted by molar-refractivity contribution is 1.12. The van der Waals surface area contributed by atoms with Gasteiger partial charge in [0.25, 0.3) is 0 Å². The highest BCUT2D eigenvalue weighted by Gasteiger charge is 2.03. The van der Waals surface area contributed by atoms with Crippen molar-refractivity contribution in [2.45, 2.75) is 0 Å². The molecule has 0 amide bonds. The number of hydrazone groups is 1. The number of hydrogen-bond acceptors (Lipinski definition) is 5. The van der Waals surface area contributed by atoms with E-state index >= 15 is 0 Å². The summed E-state index contributed by atoms with van der Waals surface area (Å²) in [5.74, 6) is 0.806. The second kappa shape index (κ2) is 8.16. The molecule has 1 aromatic heterocycles. The maximum Gasteiger partial charge on any atom is 0.246 e. The second-order valence-electron chi connectivity index (χ2n) is 4.95. The number of aromatic nitrogens is 2. The minimum atomic E-state index is 0.272. The summed E-state index contributed by atoms with van der Waals surface area (Å²) in [6, 6.07) is 16.1. The molecule has 0 unspecified atom stereocenters. The zero-order valence-corrected chi connectivity index (χ0v) is 15.0. The van der Waals surface area contributed by atoms with Crippen LogP contribution in [0.2, 0.25) is 15.2 Å². The van der Waals surface area contributed by atoms with Crippen LogP contribution in [0.25, 0.3) is 0 Å². The van der Waals surface area contributed by atoms with Crippen molar-refractivity contribution < 1.29 is 0 Å². The monoisotopic (exact) mass is 391 g/mol. The van der Waals surface area contributed by atoms with Gasteiger partial charge in [0.15, 0.2) is 0 Å². The fraction of sp³-hybridized carbons (Fsp3) is 0. The van der Waals surface area contributed by atoms with E-state index in [9.17, 15) is 0 Å². The fourth-order valence-electron chi connectivity index (χ4n) is 1.93. The molecular weight excluding hydrogens is 381 g/mol. The maximum atomic E-state index is 6.04. The zero-order chi connectivity index (χ0) is 17.6. The predicted octanol–water partition coefficient (Wildman–Crippen LogP) is 5.63. The smallest absolute Gasteiger partial charge is 0.246 e. The van der Waals surface area contributed by atoms with Crippen LogP contribution < -0.4 is 10.7 Å². The van der Waals surface area contributed by atoms with E-state index in [0.29, 0.717) is 15.9 Å². The Morgan fingerprint density at radius 2 is 1.48 bits per heavy atom. The SMILES string of the molecule is Clc1ccc(/C=N/Nc2nc(Cl)cc(Nc3ccc(Cl)cc3)n2)cc1. The van der Waals surface area contributed by atoms with Gasteiger partial charge in [0, 0.05) is 21.8 Å². The summed E-state index contributed by atoms with van der Waals surface area (Å²) >= 11 is 17.8. The second-order valence-corrected chi connectivity index (χ2v) is 6.21. The zero-order valence-electron chi connectivity index (χ0n) is 12.7. The Balaban J connectivity index is 1.70. The predicted molar refractivity (Wildman–Crippen MR) is 104 cm³/mol. The van der Waals surface area contributed by atoms with E-state index in [1.165, 1.54) is 0 Å². The van der Waals surface area contributed by atoms with Crippen molar-refractivity contribution in [2.75, 3.05) is 10.7 Å². The Labute approximate surface area is 159 Å². The number of anilines is 3. The van der Waals surface area contributed by atoms with Crippen molar-refractivity contribution in [1.29, 1.82) is 0 Å². The van der Waals surface area contributed by atoms with Crippen LogP contribution in [0.5, 0.6) is 0 Å². The van der Waals surface area contributed by atoms with Crippen molar-refractivity contribution in [3.05, 3.63) is 75.4 Å². The lowest BCUT2D eigenvalue weighted by Gasteiger charge is -2.07. The van der Waals surface area contributed by atoms with Crippen molar-refractivity contribution in [2.24, 2.45) is 5.10 Å². The van der Waals surface area contributed by atoms with E-state index < -0.39 is 0 Å². The third kappa shape index (κ3) is 5.32. The van der Waals surface area contributed by atoms with Crippen molar-refractivity contribution in [1.82, 2.24) is 9.97 Å². The Kier molecular flexibility index (Phi) is 5.71. The highest BCUT2D eigenvalue weighted by Crippen LogP contribution is 2.20. The average molecular weight is 393 g/mol. The van der Waals surface area contributed by atoms with Crippen LogP contribution in [0.4, 0.5) is 17.5 Å². The number of hydrogen-bond donors (Lipinski definition) is 2. The van der Waals surface area contributed by atoms with Gasteiger partial charge in [0.1, 0.15) is 11.0 Å². The van der Waals surface area contributed by atoms with E-state index in [1.54, 1.807) is 36.5 Å². The summed E-state index contributed by atoms with van der Waals surface area (Å²) in [7, 11) is 0. The van der Waals surface area contributed by atoms with Gasteiger partial charge in [0.05, 0.1) is 6.21 Å². The van der Waals surface area contributed by atoms with E-state index in [1.807, 2.05) is 24.3 Å². The number of halogens is 3. The molecule has 0 bridgehead atoms. The van der Waals surface area contributed by atoms with Gasteiger partial charge in [0.2, 0.25) is 5.95 Å². The van der Waals surface area contributed by atoms with Gasteiger partial charge < -0.3 is 5.32 Å². The van der Waals surface area contributed by atoms with Gasteiger partial charge in [-0.25, -0.2) is 5.43 Å². The molecule has 0 spiro atoms. The first-order valence-corrected chi connectivity index (χ1v) is 8.34. The van der Waals surface area contributed by atoms with Gasteiger partial charge in [-0.1, -0.05) is 46.9 Å². The molecule has 2 aromatic carbocycles. The molecule has 2 N–H and O–H groups in total. The summed E-state index contributed by atoms with van der Waals surface area (Å²) in [5.41, 5.74) is 4.47. The van der Waals surface area contributed by atoms with Gasteiger partial charge in [-0.15, -0.1) is 0 Å². The summed E-state index contributed by atoms with van der Waals surface area (Å²) in [4.78, 5) is 8.39. The van der Waals surface area contributed by atoms with E-state index in [4.69, 9.17) is 34.8 Å². The van der Waals surface area contributed by atoms with E-state index in [2.05, 4.69) is 25.8 Å². The first-order valence-electron chi connectivity index (χ1n) is 7.20. The van der Waals surface area contributed by atoms with Crippen LogP contribution >= 0.6 is 34.8 Å². The Morgan fingerprint density at radius 3 is 2.16 bits per heavy atom. The maximum absolute atomic E-state index is 6.04. The quantitative estimate of drug-likeness (QED) is 0.336. The molecule has 3 aromatic rings. The number of rotatable bonds is 5. The molecule has 0 saturated heterocycles. The summed E-state index contributed by atoms with van der Waals surface area (Å²) in [6.07, 6.45) is 1.63. The number of nitrogens with zero attached hydrogens (tertiary/aromatic N) is 3. The van der Waals surface area contributed by atoms with Crippen LogP contribution in [0, 0.1) is 0 Å². The molecular formula is C17H12Cl3N5. The molecule has 0 aliphatic rings. The van der Waals surface area contributed by atoms with Crippen molar-refractivity contribution in [3.63, 3.8) is 0 Å². The Hall–Kier alpha value is -2.34. The molecule has 0 aliphatic heterocycles. The van der Waals surface area contributed by atoms with Gasteiger partial charge >= 0.3 is 0 Å². The third-order valence-corrected chi connectivity index (χ3v) is 3.76. The number of nitrogens with one attached hydrogen (secondary N) is 2. The first-order chi connectivity index (χ1) is 12.1. The van der Waals surface area contributed by atoms with E-state index in [-0.39, 0.29) is 11.1 Å². The summed E-state index contributed by atoms with van der Waals surface area (Å²) in [5, 5.41) is 8.83. The van der Waals surface area contributed by atoms with Gasteiger partial charge in [-0.2, -0.15) is 15.1 Å². The van der Waals surface area contributed by atoms with Crippen LogP contribution in [0.3, 0.4) is 0 Å². The van der Waals surface area contributed by atoms with Gasteiger partial charge in [-0.3, -0.25) is 0 Å². The van der Waals surface area contributed by atoms with E-state index in [0.717, 1.165) is 11.3 Å². The van der Waals surface area contributed by atoms with Crippen LogP contribution in [0.1, 0.15) is 5.56 Å². The molecule has 8 heteroatoms. The standard InChI is InChI=1S/C17H12Cl3N5/c18-12-3-1-11(2-4-12)10-21-25-17-23-15(20)9-16(24-17)22-14-7-5-13(19)6-8-14/h1-10H,(H2,22,23,24,25)/b21-10+. The molecule has 3 rings (SSSR count). The number of benzene rings is 2. The lowest BCUT2D eigenvalue weighted by Crippen LogP contribution is -2.01. The first kappa shape index (κ1) is 17.5. The fourth-order valence-corrected chi connectivity index (χ4v) is 2.36. The summed E-state index contributed by atoms with van der Waals surface area (Å²) in [6.45, 7) is 0. The molecule has 0 fully saturated rings. The normalized spacial score (nSPS) is 10.8. The highest BCUT2D eigenvalue weighted by molar-refractivity contribution is 6.31.